The average molecular weight is 432 g/mol. The predicted molar refractivity (Wildman–Crippen MR) is 87.2 cm³/mol. The molecule has 0 saturated carbocycles. The fraction of sp³-hybridized carbons (Fsp3) is 0. The molecule has 0 aliphatic heterocycles. The molecule has 2 aromatic rings. The maximum atomic E-state index is 2.33. The minimum absolute atomic E-state index is 1.24. The number of hydrogen-bond acceptors (Lipinski definition) is 0. The van der Waals surface area contributed by atoms with Gasteiger partial charge in [-0.25, -0.2) is 0 Å². The first-order chi connectivity index (χ1) is 7.74. The molecule has 2 rings (SSSR count). The smallest absolute Gasteiger partial charge is 0.0136 e. The molecule has 0 heterocycles. The van der Waals surface area contributed by atoms with Crippen LogP contribution in [0.3, 0.4) is 0 Å². The number of benzene rings is 2. The summed E-state index contributed by atoms with van der Waals surface area (Å²) >= 11 is 4.64. The van der Waals surface area contributed by atoms with Crippen molar-refractivity contribution < 1.29 is 0 Å². The van der Waals surface area contributed by atoms with Gasteiger partial charge in [-0.05, 0) is 80.6 Å². The summed E-state index contributed by atoms with van der Waals surface area (Å²) in [4.78, 5) is 0. The van der Waals surface area contributed by atoms with Gasteiger partial charge in [0.25, 0.3) is 0 Å². The average Bonchev–Trinajstić information content (AvgIpc) is 2.28. The van der Waals surface area contributed by atoms with Crippen molar-refractivity contribution in [3.05, 3.63) is 66.8 Å². The Kier molecular flexibility index (Phi) is 4.40. The van der Waals surface area contributed by atoms with Crippen LogP contribution in [0.4, 0.5) is 0 Å². The van der Waals surface area contributed by atoms with Crippen LogP contribution >= 0.6 is 45.2 Å². The van der Waals surface area contributed by atoms with E-state index < -0.39 is 0 Å². The van der Waals surface area contributed by atoms with E-state index in [-0.39, 0.29) is 0 Å². The molecule has 16 heavy (non-hydrogen) atoms. The lowest BCUT2D eigenvalue weighted by Gasteiger charge is -1.96. The summed E-state index contributed by atoms with van der Waals surface area (Å²) in [7, 11) is 0. The highest BCUT2D eigenvalue weighted by molar-refractivity contribution is 14.1. The van der Waals surface area contributed by atoms with Crippen molar-refractivity contribution in [1.29, 1.82) is 0 Å². The van der Waals surface area contributed by atoms with E-state index in [2.05, 4.69) is 106 Å². The zero-order valence-electron chi connectivity index (χ0n) is 8.53. The van der Waals surface area contributed by atoms with Crippen molar-refractivity contribution in [2.24, 2.45) is 0 Å². The molecule has 0 aliphatic rings. The Morgan fingerprint density at radius 1 is 0.688 bits per heavy atom. The molecule has 0 fully saturated rings. The summed E-state index contributed by atoms with van der Waals surface area (Å²) in [5, 5.41) is 0. The fourth-order valence-electron chi connectivity index (χ4n) is 1.38. The Morgan fingerprint density at radius 2 is 1.38 bits per heavy atom. The van der Waals surface area contributed by atoms with E-state index in [1.54, 1.807) is 0 Å². The van der Waals surface area contributed by atoms with Gasteiger partial charge in [-0.2, -0.15) is 0 Å². The molecule has 80 valence electrons. The van der Waals surface area contributed by atoms with Gasteiger partial charge in [0.15, 0.2) is 0 Å². The van der Waals surface area contributed by atoms with Gasteiger partial charge < -0.3 is 0 Å². The Morgan fingerprint density at radius 3 is 2.06 bits per heavy atom. The van der Waals surface area contributed by atoms with Crippen molar-refractivity contribution in [3.63, 3.8) is 0 Å². The SMILES string of the molecule is Ic1ccc(/C=C/c2cccc(I)c2)cc1. The van der Waals surface area contributed by atoms with E-state index in [0.29, 0.717) is 0 Å². The summed E-state index contributed by atoms with van der Waals surface area (Å²) in [6, 6.07) is 17.0. The molecule has 0 unspecified atom stereocenters. The van der Waals surface area contributed by atoms with E-state index in [4.69, 9.17) is 0 Å². The van der Waals surface area contributed by atoms with Crippen LogP contribution in [0.15, 0.2) is 48.5 Å². The molecule has 2 aromatic carbocycles. The molecular weight excluding hydrogens is 422 g/mol. The molecule has 0 bridgehead atoms. The van der Waals surface area contributed by atoms with Crippen molar-refractivity contribution in [2.75, 3.05) is 0 Å². The maximum absolute atomic E-state index is 2.33. The highest BCUT2D eigenvalue weighted by atomic mass is 127. The Hall–Kier alpha value is -0.360. The Balaban J connectivity index is 2.18. The molecule has 0 N–H and O–H groups in total. The highest BCUT2D eigenvalue weighted by Gasteiger charge is 1.90. The van der Waals surface area contributed by atoms with Crippen LogP contribution in [0.2, 0.25) is 0 Å². The summed E-state index contributed by atoms with van der Waals surface area (Å²) in [5.74, 6) is 0. The Labute approximate surface area is 123 Å². The quantitative estimate of drug-likeness (QED) is 0.460. The van der Waals surface area contributed by atoms with Gasteiger partial charge >= 0.3 is 0 Å². The summed E-state index contributed by atoms with van der Waals surface area (Å²) < 4.78 is 2.53. The first kappa shape index (κ1) is 12.1. The van der Waals surface area contributed by atoms with Crippen molar-refractivity contribution >= 4 is 57.3 Å². The van der Waals surface area contributed by atoms with Crippen molar-refractivity contribution in [3.8, 4) is 0 Å². The Bertz CT molecular complexity index is 498. The van der Waals surface area contributed by atoms with Gasteiger partial charge in [-0.3, -0.25) is 0 Å². The van der Waals surface area contributed by atoms with Crippen molar-refractivity contribution in [1.82, 2.24) is 0 Å². The highest BCUT2D eigenvalue weighted by Crippen LogP contribution is 2.13. The van der Waals surface area contributed by atoms with Gasteiger partial charge in [0, 0.05) is 7.14 Å². The van der Waals surface area contributed by atoms with Crippen LogP contribution in [-0.2, 0) is 0 Å². The first-order valence-electron chi connectivity index (χ1n) is 4.93. The molecule has 0 radical (unpaired) electrons. The van der Waals surface area contributed by atoms with E-state index in [1.807, 2.05) is 0 Å². The van der Waals surface area contributed by atoms with Crippen molar-refractivity contribution in [2.45, 2.75) is 0 Å². The van der Waals surface area contributed by atoms with Crippen LogP contribution in [0.25, 0.3) is 12.2 Å². The van der Waals surface area contributed by atoms with Gasteiger partial charge in [-0.1, -0.05) is 36.4 Å². The second-order valence-electron chi connectivity index (χ2n) is 3.44. The molecule has 0 spiro atoms. The number of halogens is 2. The van der Waals surface area contributed by atoms with Crippen LogP contribution in [-0.4, -0.2) is 0 Å². The molecule has 0 nitrogen and oxygen atoms in total. The van der Waals surface area contributed by atoms with Gasteiger partial charge in [0.1, 0.15) is 0 Å². The summed E-state index contributed by atoms with van der Waals surface area (Å²) in [6.45, 7) is 0. The van der Waals surface area contributed by atoms with E-state index in [0.717, 1.165) is 0 Å². The molecule has 0 amide bonds. The second-order valence-corrected chi connectivity index (χ2v) is 5.93. The molecule has 0 saturated heterocycles. The van der Waals surface area contributed by atoms with Crippen LogP contribution in [0.5, 0.6) is 0 Å². The molecule has 2 heteroatoms. The molecule has 0 atom stereocenters. The second kappa shape index (κ2) is 5.82. The lowest BCUT2D eigenvalue weighted by molar-refractivity contribution is 1.59. The topological polar surface area (TPSA) is 0 Å². The standard InChI is InChI=1S/C14H10I2/c15-13-8-6-11(7-9-13)4-5-12-2-1-3-14(16)10-12/h1-10H/b5-4+. The van der Waals surface area contributed by atoms with Crippen LogP contribution < -0.4 is 0 Å². The predicted octanol–water partition coefficient (Wildman–Crippen LogP) is 5.07. The van der Waals surface area contributed by atoms with Gasteiger partial charge in [0.05, 0.1) is 0 Å². The normalized spacial score (nSPS) is 10.9. The molecule has 0 aliphatic carbocycles. The van der Waals surface area contributed by atoms with Gasteiger partial charge in [0.2, 0.25) is 0 Å². The third-order valence-electron chi connectivity index (χ3n) is 2.19. The first-order valence-corrected chi connectivity index (χ1v) is 7.09. The molecular formula is C14H10I2. The van der Waals surface area contributed by atoms with E-state index >= 15 is 0 Å². The van der Waals surface area contributed by atoms with Crippen LogP contribution in [0, 0.1) is 7.14 Å². The third kappa shape index (κ3) is 3.59. The van der Waals surface area contributed by atoms with Gasteiger partial charge in [-0.15, -0.1) is 0 Å². The zero-order chi connectivity index (χ0) is 11.4. The summed E-state index contributed by atoms with van der Waals surface area (Å²) in [6.07, 6.45) is 4.28. The largest absolute Gasteiger partial charge is 0.0606 e. The zero-order valence-corrected chi connectivity index (χ0v) is 12.8. The van der Waals surface area contributed by atoms with E-state index in [1.165, 1.54) is 18.3 Å². The monoisotopic (exact) mass is 432 g/mol. The number of hydrogen-bond donors (Lipinski definition) is 0. The lowest BCUT2D eigenvalue weighted by Crippen LogP contribution is -1.75. The maximum Gasteiger partial charge on any atom is 0.0136 e. The third-order valence-corrected chi connectivity index (χ3v) is 3.58. The minimum atomic E-state index is 1.24. The fourth-order valence-corrected chi connectivity index (χ4v) is 2.30. The number of rotatable bonds is 2. The minimum Gasteiger partial charge on any atom is -0.0606 e. The summed E-state index contributed by atoms with van der Waals surface area (Å²) in [5.41, 5.74) is 2.48. The molecule has 0 aromatic heterocycles. The lowest BCUT2D eigenvalue weighted by atomic mass is 10.1. The van der Waals surface area contributed by atoms with Crippen LogP contribution in [0.1, 0.15) is 11.1 Å². The van der Waals surface area contributed by atoms with E-state index in [9.17, 15) is 0 Å².